The minimum Gasteiger partial charge on any atom is -0.371 e. The highest BCUT2D eigenvalue weighted by atomic mass is 79.9. The van der Waals surface area contributed by atoms with Crippen LogP contribution in [0.4, 0.5) is 16.2 Å². The molecule has 2 aromatic rings. The lowest BCUT2D eigenvalue weighted by Gasteiger charge is -2.26. The summed E-state index contributed by atoms with van der Waals surface area (Å²) in [5.74, 6) is -0.709. The molecular weight excluding hydrogens is 470 g/mol. The summed E-state index contributed by atoms with van der Waals surface area (Å²) < 4.78 is 0.821. The Morgan fingerprint density at radius 1 is 1.10 bits per heavy atom. The van der Waals surface area contributed by atoms with E-state index in [4.69, 9.17) is 11.6 Å². The number of hydrogen-bond acceptors (Lipinski definition) is 4. The summed E-state index contributed by atoms with van der Waals surface area (Å²) >= 11 is 9.14. The zero-order chi connectivity index (χ0) is 21.3. The van der Waals surface area contributed by atoms with Crippen LogP contribution in [0.25, 0.3) is 6.08 Å². The van der Waals surface area contributed by atoms with Crippen LogP contribution in [0.5, 0.6) is 0 Å². The molecule has 1 saturated heterocycles. The first-order valence-electron chi connectivity index (χ1n) is 9.59. The van der Waals surface area contributed by atoms with Gasteiger partial charge in [0.15, 0.2) is 0 Å². The van der Waals surface area contributed by atoms with E-state index in [0.717, 1.165) is 46.6 Å². The van der Waals surface area contributed by atoms with Crippen LogP contribution in [0, 0.1) is 0 Å². The molecule has 6 nitrogen and oxygen atoms in total. The van der Waals surface area contributed by atoms with Gasteiger partial charge in [0.1, 0.15) is 5.57 Å². The Morgan fingerprint density at radius 2 is 1.87 bits per heavy atom. The second-order valence-electron chi connectivity index (χ2n) is 7.10. The number of benzene rings is 2. The SMILES string of the molecule is O=C1NC(=O)N(c2ccc(Br)cc2)C(=O)/C1=C\c1ccc2c(c1)CCN2CCCCl. The first-order chi connectivity index (χ1) is 14.5. The average Bonchev–Trinajstić information content (AvgIpc) is 3.13. The molecule has 1 fully saturated rings. The summed E-state index contributed by atoms with van der Waals surface area (Å²) in [5, 5.41) is 2.25. The number of halogens is 2. The van der Waals surface area contributed by atoms with E-state index in [1.54, 1.807) is 24.3 Å². The Hall–Kier alpha value is -2.64. The monoisotopic (exact) mass is 487 g/mol. The molecule has 8 heteroatoms. The van der Waals surface area contributed by atoms with Crippen molar-refractivity contribution in [3.63, 3.8) is 0 Å². The third-order valence-electron chi connectivity index (χ3n) is 5.15. The van der Waals surface area contributed by atoms with E-state index in [1.807, 2.05) is 18.2 Å². The van der Waals surface area contributed by atoms with Gasteiger partial charge in [0.2, 0.25) is 0 Å². The van der Waals surface area contributed by atoms with Crippen LogP contribution in [0.1, 0.15) is 17.5 Å². The van der Waals surface area contributed by atoms with Crippen molar-refractivity contribution >= 4 is 62.8 Å². The van der Waals surface area contributed by atoms with Crippen molar-refractivity contribution < 1.29 is 14.4 Å². The highest BCUT2D eigenvalue weighted by Crippen LogP contribution is 2.30. The number of carbonyl (C=O) groups excluding carboxylic acids is 3. The van der Waals surface area contributed by atoms with Gasteiger partial charge in [-0.05, 0) is 66.4 Å². The van der Waals surface area contributed by atoms with Gasteiger partial charge in [0, 0.05) is 29.1 Å². The van der Waals surface area contributed by atoms with Crippen LogP contribution in [-0.2, 0) is 16.0 Å². The molecule has 2 aliphatic rings. The largest absolute Gasteiger partial charge is 0.371 e. The Morgan fingerprint density at radius 3 is 2.60 bits per heavy atom. The lowest BCUT2D eigenvalue weighted by molar-refractivity contribution is -0.122. The number of amides is 4. The first kappa shape index (κ1) is 20.6. The number of anilines is 2. The van der Waals surface area contributed by atoms with Gasteiger partial charge in [-0.3, -0.25) is 14.9 Å². The molecule has 4 amide bonds. The Balaban J connectivity index is 1.62. The molecule has 2 aromatic carbocycles. The molecule has 0 spiro atoms. The topological polar surface area (TPSA) is 69.7 Å². The fourth-order valence-electron chi connectivity index (χ4n) is 3.71. The van der Waals surface area contributed by atoms with Gasteiger partial charge in [-0.1, -0.05) is 22.0 Å². The molecule has 2 heterocycles. The quantitative estimate of drug-likeness (QED) is 0.391. The van der Waals surface area contributed by atoms with E-state index in [9.17, 15) is 14.4 Å². The number of imide groups is 2. The summed E-state index contributed by atoms with van der Waals surface area (Å²) in [6.45, 7) is 1.83. The van der Waals surface area contributed by atoms with Crippen LogP contribution in [-0.4, -0.2) is 36.8 Å². The standard InChI is InChI=1S/C22H19BrClN3O3/c23-16-3-5-17(6-4-16)27-21(29)18(20(28)25-22(27)30)13-14-2-7-19-15(12-14)8-11-26(19)10-1-9-24/h2-7,12-13H,1,8-11H2,(H,25,28,30)/b18-13-. The number of urea groups is 1. The highest BCUT2D eigenvalue weighted by molar-refractivity contribution is 9.10. The van der Waals surface area contributed by atoms with Crippen LogP contribution >= 0.6 is 27.5 Å². The van der Waals surface area contributed by atoms with Crippen LogP contribution in [0.15, 0.2) is 52.5 Å². The molecular formula is C22H19BrClN3O3. The molecule has 0 radical (unpaired) electrons. The molecule has 1 N–H and O–H groups in total. The Kier molecular flexibility index (Phi) is 5.92. The lowest BCUT2D eigenvalue weighted by atomic mass is 10.0. The second-order valence-corrected chi connectivity index (χ2v) is 8.40. The fraction of sp³-hybridized carbons (Fsp3) is 0.227. The van der Waals surface area contributed by atoms with Crippen LogP contribution in [0.3, 0.4) is 0 Å². The van der Waals surface area contributed by atoms with Crippen molar-refractivity contribution in [1.29, 1.82) is 0 Å². The summed E-state index contributed by atoms with van der Waals surface area (Å²) in [6, 6.07) is 11.9. The van der Waals surface area contributed by atoms with Crippen LogP contribution in [0.2, 0.25) is 0 Å². The minimum atomic E-state index is -0.756. The summed E-state index contributed by atoms with van der Waals surface area (Å²) in [7, 11) is 0. The predicted octanol–water partition coefficient (Wildman–Crippen LogP) is 4.11. The average molecular weight is 489 g/mol. The highest BCUT2D eigenvalue weighted by Gasteiger charge is 2.36. The molecule has 0 saturated carbocycles. The normalized spacial score (nSPS) is 17.5. The molecule has 0 aliphatic carbocycles. The number of hydrogen-bond donors (Lipinski definition) is 1. The Bertz CT molecular complexity index is 1050. The van der Waals surface area contributed by atoms with Crippen molar-refractivity contribution in [3.8, 4) is 0 Å². The van der Waals surface area contributed by atoms with E-state index in [1.165, 1.54) is 11.6 Å². The number of nitrogens with zero attached hydrogens (tertiary/aromatic N) is 2. The van der Waals surface area contributed by atoms with Gasteiger partial charge in [-0.2, -0.15) is 0 Å². The number of carbonyl (C=O) groups is 3. The first-order valence-corrected chi connectivity index (χ1v) is 10.9. The predicted molar refractivity (Wildman–Crippen MR) is 121 cm³/mol. The van der Waals surface area contributed by atoms with Gasteiger partial charge >= 0.3 is 6.03 Å². The molecule has 2 aliphatic heterocycles. The van der Waals surface area contributed by atoms with E-state index in [2.05, 4.69) is 26.1 Å². The van der Waals surface area contributed by atoms with Gasteiger partial charge < -0.3 is 4.90 Å². The van der Waals surface area contributed by atoms with E-state index in [0.29, 0.717) is 11.6 Å². The van der Waals surface area contributed by atoms with E-state index >= 15 is 0 Å². The van der Waals surface area contributed by atoms with E-state index in [-0.39, 0.29) is 5.57 Å². The van der Waals surface area contributed by atoms with Crippen molar-refractivity contribution in [3.05, 3.63) is 63.6 Å². The fourth-order valence-corrected chi connectivity index (χ4v) is 4.10. The maximum absolute atomic E-state index is 13.0. The molecule has 0 atom stereocenters. The maximum Gasteiger partial charge on any atom is 0.335 e. The molecule has 0 aromatic heterocycles. The molecule has 4 rings (SSSR count). The summed E-state index contributed by atoms with van der Waals surface area (Å²) in [5.41, 5.74) is 3.39. The van der Waals surface area contributed by atoms with Crippen LogP contribution < -0.4 is 15.1 Å². The lowest BCUT2D eigenvalue weighted by Crippen LogP contribution is -2.54. The van der Waals surface area contributed by atoms with Crippen molar-refractivity contribution in [2.45, 2.75) is 12.8 Å². The molecule has 30 heavy (non-hydrogen) atoms. The summed E-state index contributed by atoms with van der Waals surface area (Å²) in [4.78, 5) is 40.9. The third-order valence-corrected chi connectivity index (χ3v) is 5.95. The number of barbiturate groups is 1. The number of nitrogens with one attached hydrogen (secondary N) is 1. The van der Waals surface area contributed by atoms with Crippen molar-refractivity contribution in [1.82, 2.24) is 5.32 Å². The van der Waals surface area contributed by atoms with Gasteiger partial charge in [0.05, 0.1) is 5.69 Å². The van der Waals surface area contributed by atoms with Gasteiger partial charge in [0.25, 0.3) is 11.8 Å². The summed E-state index contributed by atoms with van der Waals surface area (Å²) in [6.07, 6.45) is 3.36. The molecule has 0 bridgehead atoms. The number of alkyl halides is 1. The number of fused-ring (bicyclic) bond motifs is 1. The number of rotatable bonds is 5. The second kappa shape index (κ2) is 8.62. The smallest absolute Gasteiger partial charge is 0.335 e. The minimum absolute atomic E-state index is 0.0746. The van der Waals surface area contributed by atoms with Gasteiger partial charge in [-0.15, -0.1) is 11.6 Å². The van der Waals surface area contributed by atoms with Gasteiger partial charge in [-0.25, -0.2) is 9.69 Å². The molecule has 154 valence electrons. The van der Waals surface area contributed by atoms with Crippen molar-refractivity contribution in [2.75, 3.05) is 28.8 Å². The van der Waals surface area contributed by atoms with Crippen molar-refractivity contribution in [2.24, 2.45) is 0 Å². The maximum atomic E-state index is 13.0. The van der Waals surface area contributed by atoms with E-state index < -0.39 is 17.8 Å². The zero-order valence-electron chi connectivity index (χ0n) is 16.0. The third kappa shape index (κ3) is 4.00. The Labute approximate surface area is 187 Å². The molecule has 0 unspecified atom stereocenters. The zero-order valence-corrected chi connectivity index (χ0v) is 18.4.